The number of rotatable bonds is 4. The summed E-state index contributed by atoms with van der Waals surface area (Å²) in [5.41, 5.74) is 0.935. The van der Waals surface area contributed by atoms with Crippen molar-refractivity contribution in [3.63, 3.8) is 0 Å². The summed E-state index contributed by atoms with van der Waals surface area (Å²) >= 11 is 0. The van der Waals surface area contributed by atoms with Gasteiger partial charge in [0.15, 0.2) is 0 Å². The van der Waals surface area contributed by atoms with Gasteiger partial charge in [0.25, 0.3) is 0 Å². The monoisotopic (exact) mass is 279 g/mol. The fourth-order valence-corrected chi connectivity index (χ4v) is 2.54. The van der Waals surface area contributed by atoms with Gasteiger partial charge in [0.2, 0.25) is 5.88 Å². The zero-order chi connectivity index (χ0) is 14.5. The average molecular weight is 279 g/mol. The molecule has 0 radical (unpaired) electrons. The van der Waals surface area contributed by atoms with Crippen molar-refractivity contribution in [2.45, 2.75) is 26.7 Å². The number of hydrogen-bond donors (Lipinski definition) is 0. The van der Waals surface area contributed by atoms with Gasteiger partial charge in [-0.05, 0) is 26.7 Å². The molecule has 0 bridgehead atoms. The molecule has 1 fully saturated rings. The number of carbonyl (C=O) groups is 1. The van der Waals surface area contributed by atoms with E-state index in [0.717, 1.165) is 37.3 Å². The molecule has 110 valence electrons. The van der Waals surface area contributed by atoms with Crippen molar-refractivity contribution in [1.82, 2.24) is 9.97 Å². The minimum Gasteiger partial charge on any atom is -0.481 e. The van der Waals surface area contributed by atoms with E-state index in [-0.39, 0.29) is 11.9 Å². The summed E-state index contributed by atoms with van der Waals surface area (Å²) in [5.74, 6) is 1.42. The van der Waals surface area contributed by atoms with Gasteiger partial charge < -0.3 is 14.4 Å². The van der Waals surface area contributed by atoms with Crippen molar-refractivity contribution in [1.29, 1.82) is 0 Å². The Bertz CT molecular complexity index is 471. The molecule has 20 heavy (non-hydrogen) atoms. The van der Waals surface area contributed by atoms with Gasteiger partial charge in [-0.25, -0.2) is 9.97 Å². The second-order valence-corrected chi connectivity index (χ2v) is 4.84. The fourth-order valence-electron chi connectivity index (χ4n) is 2.54. The molecular formula is C14H21N3O3. The average Bonchev–Trinajstić information content (AvgIpc) is 2.48. The van der Waals surface area contributed by atoms with Gasteiger partial charge in [-0.1, -0.05) is 0 Å². The summed E-state index contributed by atoms with van der Waals surface area (Å²) in [6, 6.07) is 0. The van der Waals surface area contributed by atoms with E-state index in [2.05, 4.69) is 14.9 Å². The van der Waals surface area contributed by atoms with Crippen molar-refractivity contribution in [3.05, 3.63) is 11.9 Å². The predicted molar refractivity (Wildman–Crippen MR) is 74.9 cm³/mol. The van der Waals surface area contributed by atoms with Crippen LogP contribution in [0.1, 0.15) is 25.3 Å². The zero-order valence-electron chi connectivity index (χ0n) is 12.3. The lowest BCUT2D eigenvalue weighted by Gasteiger charge is -2.32. The van der Waals surface area contributed by atoms with E-state index in [9.17, 15) is 4.79 Å². The maximum Gasteiger partial charge on any atom is 0.309 e. The van der Waals surface area contributed by atoms with Crippen molar-refractivity contribution in [3.8, 4) is 5.88 Å². The summed E-state index contributed by atoms with van der Waals surface area (Å²) in [7, 11) is 1.60. The van der Waals surface area contributed by atoms with Crippen LogP contribution in [0.2, 0.25) is 0 Å². The number of ether oxygens (including phenoxy) is 2. The summed E-state index contributed by atoms with van der Waals surface area (Å²) < 4.78 is 10.3. The van der Waals surface area contributed by atoms with Crippen LogP contribution in [0, 0.1) is 12.8 Å². The normalized spacial score (nSPS) is 16.1. The van der Waals surface area contributed by atoms with E-state index >= 15 is 0 Å². The maximum absolute atomic E-state index is 11.7. The standard InChI is InChI=1S/C14H21N3O3/c1-4-20-14(18)11-5-7-17(8-6-11)12-10(2)13(19-3)16-9-15-12/h9,11H,4-8H2,1-3H3. The second-order valence-electron chi connectivity index (χ2n) is 4.84. The Hall–Kier alpha value is -1.85. The van der Waals surface area contributed by atoms with Crippen LogP contribution in [-0.4, -0.2) is 42.7 Å². The Balaban J connectivity index is 2.02. The highest BCUT2D eigenvalue weighted by atomic mass is 16.5. The summed E-state index contributed by atoms with van der Waals surface area (Å²) in [4.78, 5) is 22.3. The van der Waals surface area contributed by atoms with E-state index in [1.54, 1.807) is 7.11 Å². The van der Waals surface area contributed by atoms with Crippen LogP contribution in [0.25, 0.3) is 0 Å². The smallest absolute Gasteiger partial charge is 0.309 e. The molecule has 0 atom stereocenters. The highest BCUT2D eigenvalue weighted by molar-refractivity contribution is 5.72. The molecule has 1 aliphatic rings. The van der Waals surface area contributed by atoms with E-state index in [1.165, 1.54) is 6.33 Å². The van der Waals surface area contributed by atoms with Crippen LogP contribution >= 0.6 is 0 Å². The van der Waals surface area contributed by atoms with Crippen molar-refractivity contribution < 1.29 is 14.3 Å². The largest absolute Gasteiger partial charge is 0.481 e. The predicted octanol–water partition coefficient (Wildman–Crippen LogP) is 1.57. The summed E-state index contributed by atoms with van der Waals surface area (Å²) in [6.07, 6.45) is 3.10. The third kappa shape index (κ3) is 3.00. The summed E-state index contributed by atoms with van der Waals surface area (Å²) in [5, 5.41) is 0. The third-order valence-electron chi connectivity index (χ3n) is 3.62. The number of methoxy groups -OCH3 is 1. The maximum atomic E-state index is 11.7. The number of aromatic nitrogens is 2. The molecule has 6 heteroatoms. The lowest BCUT2D eigenvalue weighted by atomic mass is 9.97. The fraction of sp³-hybridized carbons (Fsp3) is 0.643. The molecule has 2 heterocycles. The Kier molecular flexibility index (Phi) is 4.76. The number of carbonyl (C=O) groups excluding carboxylic acids is 1. The molecule has 0 N–H and O–H groups in total. The second kappa shape index (κ2) is 6.54. The minimum atomic E-state index is -0.0795. The zero-order valence-corrected chi connectivity index (χ0v) is 12.3. The van der Waals surface area contributed by atoms with Gasteiger partial charge in [-0.3, -0.25) is 4.79 Å². The number of esters is 1. The molecule has 1 aliphatic heterocycles. The first-order valence-corrected chi connectivity index (χ1v) is 6.94. The van der Waals surface area contributed by atoms with Gasteiger partial charge >= 0.3 is 5.97 Å². The van der Waals surface area contributed by atoms with Crippen LogP contribution in [0.15, 0.2) is 6.33 Å². The number of piperidine rings is 1. The molecule has 2 rings (SSSR count). The quantitative estimate of drug-likeness (QED) is 0.780. The molecule has 0 aliphatic carbocycles. The highest BCUT2D eigenvalue weighted by Crippen LogP contribution is 2.28. The molecule has 1 aromatic rings. The van der Waals surface area contributed by atoms with Gasteiger partial charge in [-0.2, -0.15) is 0 Å². The number of hydrogen-bond acceptors (Lipinski definition) is 6. The number of nitrogens with zero attached hydrogens (tertiary/aromatic N) is 3. The molecule has 0 aromatic carbocycles. The Labute approximate surface area is 119 Å². The topological polar surface area (TPSA) is 64.5 Å². The summed E-state index contributed by atoms with van der Waals surface area (Å²) in [6.45, 7) is 5.82. The highest BCUT2D eigenvalue weighted by Gasteiger charge is 2.27. The first-order chi connectivity index (χ1) is 9.67. The van der Waals surface area contributed by atoms with Gasteiger partial charge in [0.05, 0.1) is 25.2 Å². The van der Waals surface area contributed by atoms with E-state index < -0.39 is 0 Å². The van der Waals surface area contributed by atoms with Gasteiger partial charge in [0, 0.05) is 13.1 Å². The molecule has 0 saturated carbocycles. The van der Waals surface area contributed by atoms with Crippen molar-refractivity contribution >= 4 is 11.8 Å². The molecule has 1 aromatic heterocycles. The van der Waals surface area contributed by atoms with Crippen LogP contribution in [-0.2, 0) is 9.53 Å². The lowest BCUT2D eigenvalue weighted by molar-refractivity contribution is -0.148. The molecule has 6 nitrogen and oxygen atoms in total. The molecule has 0 unspecified atom stereocenters. The minimum absolute atomic E-state index is 0.00948. The van der Waals surface area contributed by atoms with Gasteiger partial charge in [0.1, 0.15) is 12.1 Å². The van der Waals surface area contributed by atoms with E-state index in [1.807, 2.05) is 13.8 Å². The van der Waals surface area contributed by atoms with Crippen LogP contribution < -0.4 is 9.64 Å². The Morgan fingerprint density at radius 2 is 2.10 bits per heavy atom. The van der Waals surface area contributed by atoms with Gasteiger partial charge in [-0.15, -0.1) is 0 Å². The Morgan fingerprint density at radius 1 is 1.40 bits per heavy atom. The third-order valence-corrected chi connectivity index (χ3v) is 3.62. The van der Waals surface area contributed by atoms with E-state index in [4.69, 9.17) is 9.47 Å². The molecular weight excluding hydrogens is 258 g/mol. The lowest BCUT2D eigenvalue weighted by Crippen LogP contribution is -2.37. The first kappa shape index (κ1) is 14.6. The first-order valence-electron chi connectivity index (χ1n) is 6.94. The number of anilines is 1. The van der Waals surface area contributed by atoms with Crippen LogP contribution in [0.4, 0.5) is 5.82 Å². The van der Waals surface area contributed by atoms with Crippen LogP contribution in [0.5, 0.6) is 5.88 Å². The van der Waals surface area contributed by atoms with E-state index in [0.29, 0.717) is 12.5 Å². The Morgan fingerprint density at radius 3 is 2.70 bits per heavy atom. The molecule has 0 spiro atoms. The van der Waals surface area contributed by atoms with Crippen molar-refractivity contribution in [2.24, 2.45) is 5.92 Å². The molecule has 1 saturated heterocycles. The van der Waals surface area contributed by atoms with Crippen molar-refractivity contribution in [2.75, 3.05) is 31.7 Å². The molecule has 0 amide bonds. The SMILES string of the molecule is CCOC(=O)C1CCN(c2ncnc(OC)c2C)CC1. The van der Waals surface area contributed by atoms with Crippen LogP contribution in [0.3, 0.4) is 0 Å².